The van der Waals surface area contributed by atoms with Crippen LogP contribution in [-0.2, 0) is 4.74 Å². The van der Waals surface area contributed by atoms with Gasteiger partial charge in [-0.2, -0.15) is 0 Å². The number of hydrogen-bond donors (Lipinski definition) is 1. The van der Waals surface area contributed by atoms with Crippen LogP contribution in [0.15, 0.2) is 11.1 Å². The van der Waals surface area contributed by atoms with Gasteiger partial charge in [-0.3, -0.25) is 5.73 Å². The molecule has 2 heterocycles. The van der Waals surface area contributed by atoms with E-state index in [-0.39, 0.29) is 5.60 Å². The maximum absolute atomic E-state index is 6.04. The van der Waals surface area contributed by atoms with Crippen molar-refractivity contribution >= 4 is 0 Å². The number of nitrogens with two attached hydrogens (primary N) is 1. The summed E-state index contributed by atoms with van der Waals surface area (Å²) in [5.74, 6) is 0. The third kappa shape index (κ3) is 0.690. The Bertz CT molecular complexity index is 222. The van der Waals surface area contributed by atoms with E-state index >= 15 is 0 Å². The van der Waals surface area contributed by atoms with Gasteiger partial charge < -0.3 is 4.74 Å². The molecule has 1 fully saturated rings. The minimum Gasteiger partial charge on any atom is -0.346 e. The van der Waals surface area contributed by atoms with Gasteiger partial charge in [-0.25, -0.2) is 0 Å². The lowest BCUT2D eigenvalue weighted by Crippen LogP contribution is -2.38. The summed E-state index contributed by atoms with van der Waals surface area (Å²) < 4.78 is 5.78. The maximum Gasteiger partial charge on any atom is 0.140 e. The van der Waals surface area contributed by atoms with Gasteiger partial charge in [0, 0.05) is 0 Å². The first-order valence-electron chi connectivity index (χ1n) is 4.15. The van der Waals surface area contributed by atoms with E-state index in [1.54, 1.807) is 0 Å². The topological polar surface area (TPSA) is 35.2 Å². The van der Waals surface area contributed by atoms with Gasteiger partial charge in [0.25, 0.3) is 0 Å². The van der Waals surface area contributed by atoms with Crippen LogP contribution >= 0.6 is 0 Å². The molecule has 2 nitrogen and oxygen atoms in total. The van der Waals surface area contributed by atoms with Crippen molar-refractivity contribution in [3.05, 3.63) is 11.1 Å². The Morgan fingerprint density at radius 1 is 1.27 bits per heavy atom. The standard InChI is InChI=1S/C9H15NO/c1-6-7(2)9(10)5-4-8(6,3)11-9/h4-5,10H2,1-3H3. The molecule has 2 rings (SSSR count). The van der Waals surface area contributed by atoms with Crippen LogP contribution in [0.5, 0.6) is 0 Å². The number of rotatable bonds is 0. The highest BCUT2D eigenvalue weighted by atomic mass is 16.5. The monoisotopic (exact) mass is 153 g/mol. The molecule has 0 saturated carbocycles. The summed E-state index contributed by atoms with van der Waals surface area (Å²) in [5, 5.41) is 0. The highest BCUT2D eigenvalue weighted by molar-refractivity contribution is 5.36. The smallest absolute Gasteiger partial charge is 0.140 e. The summed E-state index contributed by atoms with van der Waals surface area (Å²) in [6, 6.07) is 0. The minimum atomic E-state index is -0.418. The third-order valence-corrected chi connectivity index (χ3v) is 3.37. The minimum absolute atomic E-state index is 0.0428. The van der Waals surface area contributed by atoms with Gasteiger partial charge in [-0.1, -0.05) is 0 Å². The Morgan fingerprint density at radius 2 is 1.91 bits per heavy atom. The van der Waals surface area contributed by atoms with Gasteiger partial charge in [0.15, 0.2) is 0 Å². The van der Waals surface area contributed by atoms with E-state index in [1.165, 1.54) is 11.1 Å². The highest BCUT2D eigenvalue weighted by Gasteiger charge is 2.53. The molecule has 1 saturated heterocycles. The molecule has 0 aromatic carbocycles. The normalized spacial score (nSPS) is 49.1. The van der Waals surface area contributed by atoms with Crippen LogP contribution in [-0.4, -0.2) is 11.3 Å². The molecule has 2 N–H and O–H groups in total. The molecule has 2 bridgehead atoms. The Balaban J connectivity index is 2.52. The summed E-state index contributed by atoms with van der Waals surface area (Å²) in [6.07, 6.45) is 2.05. The van der Waals surface area contributed by atoms with Crippen LogP contribution < -0.4 is 5.73 Å². The van der Waals surface area contributed by atoms with Crippen molar-refractivity contribution in [2.75, 3.05) is 0 Å². The van der Waals surface area contributed by atoms with E-state index in [4.69, 9.17) is 10.5 Å². The first-order valence-corrected chi connectivity index (χ1v) is 4.15. The Kier molecular flexibility index (Phi) is 1.13. The first-order chi connectivity index (χ1) is 4.98. The van der Waals surface area contributed by atoms with E-state index in [1.807, 2.05) is 0 Å². The molecule has 0 spiro atoms. The van der Waals surface area contributed by atoms with Gasteiger partial charge in [-0.15, -0.1) is 0 Å². The van der Waals surface area contributed by atoms with E-state index in [0.29, 0.717) is 0 Å². The molecule has 0 amide bonds. The summed E-state index contributed by atoms with van der Waals surface area (Å²) in [4.78, 5) is 0. The second-order valence-corrected chi connectivity index (χ2v) is 3.97. The van der Waals surface area contributed by atoms with Crippen molar-refractivity contribution in [1.29, 1.82) is 0 Å². The molecule has 62 valence electrons. The van der Waals surface area contributed by atoms with Gasteiger partial charge in [0.1, 0.15) is 5.72 Å². The number of hydrogen-bond acceptors (Lipinski definition) is 2. The Hall–Kier alpha value is -0.340. The van der Waals surface area contributed by atoms with Crippen molar-refractivity contribution in [2.24, 2.45) is 5.73 Å². The molecule has 0 aromatic rings. The van der Waals surface area contributed by atoms with Crippen LogP contribution in [0.1, 0.15) is 33.6 Å². The fourth-order valence-electron chi connectivity index (χ4n) is 2.17. The average molecular weight is 153 g/mol. The molecule has 0 radical (unpaired) electrons. The van der Waals surface area contributed by atoms with Crippen LogP contribution in [0.3, 0.4) is 0 Å². The molecule has 2 aliphatic heterocycles. The highest BCUT2D eigenvalue weighted by Crippen LogP contribution is 2.50. The van der Waals surface area contributed by atoms with E-state index in [2.05, 4.69) is 20.8 Å². The molecule has 2 atom stereocenters. The zero-order valence-corrected chi connectivity index (χ0v) is 7.40. The van der Waals surface area contributed by atoms with Crippen molar-refractivity contribution in [3.8, 4) is 0 Å². The fraction of sp³-hybridized carbons (Fsp3) is 0.778. The molecule has 2 unspecified atom stereocenters. The van der Waals surface area contributed by atoms with E-state index < -0.39 is 5.72 Å². The molecular weight excluding hydrogens is 138 g/mol. The predicted octanol–water partition coefficient (Wildman–Crippen LogP) is 1.56. The maximum atomic E-state index is 6.04. The summed E-state index contributed by atoms with van der Waals surface area (Å²) in [6.45, 7) is 6.34. The van der Waals surface area contributed by atoms with E-state index in [0.717, 1.165) is 12.8 Å². The molecule has 2 heteroatoms. The lowest BCUT2D eigenvalue weighted by atomic mass is 9.83. The van der Waals surface area contributed by atoms with Crippen LogP contribution in [0.2, 0.25) is 0 Å². The lowest BCUT2D eigenvalue weighted by Gasteiger charge is -2.21. The Labute approximate surface area is 67.4 Å². The first kappa shape index (κ1) is 7.32. The number of fused-ring (bicyclic) bond motifs is 2. The van der Waals surface area contributed by atoms with Crippen molar-refractivity contribution in [2.45, 2.75) is 44.9 Å². The SMILES string of the molecule is CC1=C(C)C2(N)CCC1(C)O2. The van der Waals surface area contributed by atoms with E-state index in [9.17, 15) is 0 Å². The van der Waals surface area contributed by atoms with Gasteiger partial charge in [0.05, 0.1) is 5.60 Å². The van der Waals surface area contributed by atoms with Crippen molar-refractivity contribution < 1.29 is 4.74 Å². The zero-order chi connectivity index (χ0) is 8.28. The fourth-order valence-corrected chi connectivity index (χ4v) is 2.17. The van der Waals surface area contributed by atoms with Crippen LogP contribution in [0.25, 0.3) is 0 Å². The third-order valence-electron chi connectivity index (χ3n) is 3.37. The Morgan fingerprint density at radius 3 is 2.18 bits per heavy atom. The van der Waals surface area contributed by atoms with Crippen molar-refractivity contribution in [1.82, 2.24) is 0 Å². The van der Waals surface area contributed by atoms with Crippen molar-refractivity contribution in [3.63, 3.8) is 0 Å². The van der Waals surface area contributed by atoms with Crippen LogP contribution in [0.4, 0.5) is 0 Å². The van der Waals surface area contributed by atoms with Gasteiger partial charge >= 0.3 is 0 Å². The second-order valence-electron chi connectivity index (χ2n) is 3.97. The van der Waals surface area contributed by atoms with Gasteiger partial charge in [-0.05, 0) is 44.8 Å². The summed E-state index contributed by atoms with van der Waals surface area (Å²) >= 11 is 0. The van der Waals surface area contributed by atoms with Gasteiger partial charge in [0.2, 0.25) is 0 Å². The quantitative estimate of drug-likeness (QED) is 0.536. The largest absolute Gasteiger partial charge is 0.346 e. The molecule has 2 aliphatic rings. The molecular formula is C9H15NO. The molecule has 11 heavy (non-hydrogen) atoms. The number of ether oxygens (including phenoxy) is 1. The molecule has 0 aliphatic carbocycles. The molecule has 0 aromatic heterocycles. The summed E-state index contributed by atoms with van der Waals surface area (Å²) in [5.41, 5.74) is 8.16. The summed E-state index contributed by atoms with van der Waals surface area (Å²) in [7, 11) is 0. The lowest BCUT2D eigenvalue weighted by molar-refractivity contribution is -0.0257. The van der Waals surface area contributed by atoms with Crippen LogP contribution in [0, 0.1) is 0 Å². The second kappa shape index (κ2) is 1.70. The zero-order valence-electron chi connectivity index (χ0n) is 7.40. The predicted molar refractivity (Wildman–Crippen MR) is 44.0 cm³/mol. The average Bonchev–Trinajstić information content (AvgIpc) is 2.32.